The van der Waals surface area contributed by atoms with Crippen LogP contribution in [0.15, 0.2) is 35.3 Å². The maximum Gasteiger partial charge on any atom is 0.194 e. The lowest BCUT2D eigenvalue weighted by molar-refractivity contribution is 0.0718. The Morgan fingerprint density at radius 3 is 2.92 bits per heavy atom. The van der Waals surface area contributed by atoms with Gasteiger partial charge in [0.2, 0.25) is 0 Å². The van der Waals surface area contributed by atoms with Gasteiger partial charge in [-0.1, -0.05) is 18.2 Å². The zero-order valence-electron chi connectivity index (χ0n) is 15.4. The van der Waals surface area contributed by atoms with E-state index in [4.69, 9.17) is 4.74 Å². The number of aliphatic hydroxyl groups is 1. The van der Waals surface area contributed by atoms with E-state index in [1.807, 2.05) is 23.9 Å². The molecule has 1 unspecified atom stereocenters. The van der Waals surface area contributed by atoms with E-state index in [1.165, 1.54) is 11.1 Å². The highest BCUT2D eigenvalue weighted by Crippen LogP contribution is 2.28. The smallest absolute Gasteiger partial charge is 0.194 e. The first kappa shape index (κ1) is 21.4. The van der Waals surface area contributed by atoms with Crippen LogP contribution in [0.3, 0.4) is 0 Å². The number of halogens is 1. The van der Waals surface area contributed by atoms with E-state index in [2.05, 4.69) is 33.4 Å². The van der Waals surface area contributed by atoms with Crippen LogP contribution in [0.2, 0.25) is 0 Å². The molecule has 2 heterocycles. The fourth-order valence-corrected chi connectivity index (χ4v) is 4.55. The summed E-state index contributed by atoms with van der Waals surface area (Å²) >= 11 is 1.81. The van der Waals surface area contributed by atoms with Gasteiger partial charge in [0.05, 0.1) is 12.7 Å². The minimum absolute atomic E-state index is 0. The first-order valence-electron chi connectivity index (χ1n) is 8.73. The van der Waals surface area contributed by atoms with Crippen LogP contribution in [0.5, 0.6) is 5.75 Å². The number of methoxy groups -OCH3 is 1. The van der Waals surface area contributed by atoms with Crippen LogP contribution < -0.4 is 10.1 Å². The number of ether oxygens (including phenoxy) is 1. The molecule has 5 nitrogen and oxygen atoms in total. The van der Waals surface area contributed by atoms with E-state index in [9.17, 15) is 5.11 Å². The highest BCUT2D eigenvalue weighted by atomic mass is 127. The largest absolute Gasteiger partial charge is 0.497 e. The fraction of sp³-hybridized carbons (Fsp3) is 0.526. The number of nitrogens with one attached hydrogen (secondary N) is 1. The Balaban J connectivity index is 0.00000243. The maximum atomic E-state index is 10.5. The molecule has 0 bridgehead atoms. The highest BCUT2D eigenvalue weighted by molar-refractivity contribution is 14.0. The number of hydrogen-bond donors (Lipinski definition) is 2. The van der Waals surface area contributed by atoms with Crippen molar-refractivity contribution in [2.45, 2.75) is 18.4 Å². The molecule has 2 aliphatic heterocycles. The lowest BCUT2D eigenvalue weighted by Crippen LogP contribution is -2.49. The topological polar surface area (TPSA) is 57.1 Å². The number of hydrogen-bond acceptors (Lipinski definition) is 4. The first-order valence-corrected chi connectivity index (χ1v) is 9.88. The van der Waals surface area contributed by atoms with E-state index >= 15 is 0 Å². The second-order valence-electron chi connectivity index (χ2n) is 6.59. The van der Waals surface area contributed by atoms with E-state index in [0.29, 0.717) is 6.54 Å². The van der Waals surface area contributed by atoms with Crippen molar-refractivity contribution >= 4 is 47.3 Å². The Labute approximate surface area is 177 Å². The van der Waals surface area contributed by atoms with E-state index in [0.717, 1.165) is 49.1 Å². The Morgan fingerprint density at radius 2 is 2.31 bits per heavy atom. The van der Waals surface area contributed by atoms with Gasteiger partial charge in [0, 0.05) is 32.4 Å². The molecule has 7 heteroatoms. The molecule has 2 aliphatic rings. The van der Waals surface area contributed by atoms with Gasteiger partial charge < -0.3 is 20.1 Å². The van der Waals surface area contributed by atoms with Crippen molar-refractivity contribution in [1.82, 2.24) is 10.2 Å². The summed E-state index contributed by atoms with van der Waals surface area (Å²) in [6.07, 6.45) is 4.07. The fourth-order valence-electron chi connectivity index (χ4n) is 3.26. The molecular formula is C19H28IN3O2S. The van der Waals surface area contributed by atoms with Gasteiger partial charge in [-0.2, -0.15) is 11.8 Å². The molecule has 0 saturated carbocycles. The summed E-state index contributed by atoms with van der Waals surface area (Å²) in [6, 6.07) is 8.21. The van der Waals surface area contributed by atoms with Crippen molar-refractivity contribution in [2.75, 3.05) is 45.3 Å². The number of rotatable bonds is 4. The standard InChI is InChI=1S/C19H27N3O2S.HI/c1-20-18(21-13-19(23)8-11-25-14-19)22-9-6-15(7-10-22)16-4-3-5-17(12-16)24-2;/h3-6,12,23H,7-11,13-14H2,1-2H3,(H,20,21);1H. The van der Waals surface area contributed by atoms with Crippen molar-refractivity contribution < 1.29 is 9.84 Å². The lowest BCUT2D eigenvalue weighted by atomic mass is 9.99. The maximum absolute atomic E-state index is 10.5. The third-order valence-corrected chi connectivity index (χ3v) is 6.05. The Kier molecular flexibility index (Phi) is 8.09. The monoisotopic (exact) mass is 489 g/mol. The summed E-state index contributed by atoms with van der Waals surface area (Å²) in [6.45, 7) is 2.30. The molecule has 26 heavy (non-hydrogen) atoms. The van der Waals surface area contributed by atoms with Gasteiger partial charge in [-0.3, -0.25) is 4.99 Å². The van der Waals surface area contributed by atoms with E-state index in [1.54, 1.807) is 14.2 Å². The van der Waals surface area contributed by atoms with Crippen LogP contribution in [-0.4, -0.2) is 66.9 Å². The SMILES string of the molecule is CN=C(NCC1(O)CCSC1)N1CC=C(c2cccc(OC)c2)CC1.I. The molecule has 144 valence electrons. The molecule has 0 spiro atoms. The molecule has 0 radical (unpaired) electrons. The summed E-state index contributed by atoms with van der Waals surface area (Å²) < 4.78 is 5.32. The average Bonchev–Trinajstić information content (AvgIpc) is 3.09. The molecule has 2 N–H and O–H groups in total. The second kappa shape index (κ2) is 9.85. The molecule has 0 aliphatic carbocycles. The summed E-state index contributed by atoms with van der Waals surface area (Å²) in [5.74, 6) is 3.59. The van der Waals surface area contributed by atoms with Gasteiger partial charge in [0.15, 0.2) is 5.96 Å². The van der Waals surface area contributed by atoms with Crippen LogP contribution in [0.25, 0.3) is 5.57 Å². The number of thioether (sulfide) groups is 1. The van der Waals surface area contributed by atoms with Gasteiger partial charge in [-0.25, -0.2) is 0 Å². The van der Waals surface area contributed by atoms with Crippen molar-refractivity contribution in [3.63, 3.8) is 0 Å². The normalized spacial score (nSPS) is 23.3. The molecule has 0 aromatic heterocycles. The van der Waals surface area contributed by atoms with Crippen molar-refractivity contribution in [3.8, 4) is 5.75 Å². The first-order chi connectivity index (χ1) is 12.1. The molecule has 1 aromatic carbocycles. The summed E-state index contributed by atoms with van der Waals surface area (Å²) in [7, 11) is 3.50. The third kappa shape index (κ3) is 5.29. The van der Waals surface area contributed by atoms with Gasteiger partial charge in [-0.05, 0) is 41.9 Å². The summed E-state index contributed by atoms with van der Waals surface area (Å²) in [4.78, 5) is 6.62. The van der Waals surface area contributed by atoms with Gasteiger partial charge in [0.25, 0.3) is 0 Å². The molecule has 0 amide bonds. The number of guanidine groups is 1. The molecule has 1 saturated heterocycles. The van der Waals surface area contributed by atoms with Crippen LogP contribution >= 0.6 is 35.7 Å². The van der Waals surface area contributed by atoms with E-state index in [-0.39, 0.29) is 24.0 Å². The number of aliphatic imine (C=N–C) groups is 1. The number of nitrogens with zero attached hydrogens (tertiary/aromatic N) is 2. The van der Waals surface area contributed by atoms with Gasteiger partial charge in [0.1, 0.15) is 5.75 Å². The molecular weight excluding hydrogens is 461 g/mol. The van der Waals surface area contributed by atoms with Crippen LogP contribution in [-0.2, 0) is 0 Å². The predicted molar refractivity (Wildman–Crippen MR) is 121 cm³/mol. The average molecular weight is 489 g/mol. The van der Waals surface area contributed by atoms with Crippen LogP contribution in [0, 0.1) is 0 Å². The predicted octanol–water partition coefficient (Wildman–Crippen LogP) is 2.85. The van der Waals surface area contributed by atoms with Crippen LogP contribution in [0.4, 0.5) is 0 Å². The molecule has 1 aromatic rings. The molecule has 1 fully saturated rings. The zero-order chi connectivity index (χ0) is 17.7. The van der Waals surface area contributed by atoms with Crippen molar-refractivity contribution in [1.29, 1.82) is 0 Å². The highest BCUT2D eigenvalue weighted by Gasteiger charge is 2.32. The lowest BCUT2D eigenvalue weighted by Gasteiger charge is -2.31. The van der Waals surface area contributed by atoms with Gasteiger partial charge >= 0.3 is 0 Å². The van der Waals surface area contributed by atoms with Crippen molar-refractivity contribution in [2.24, 2.45) is 4.99 Å². The van der Waals surface area contributed by atoms with Crippen molar-refractivity contribution in [3.05, 3.63) is 35.9 Å². The third-order valence-electron chi connectivity index (χ3n) is 4.82. The second-order valence-corrected chi connectivity index (χ2v) is 7.69. The minimum Gasteiger partial charge on any atom is -0.497 e. The van der Waals surface area contributed by atoms with Crippen LogP contribution in [0.1, 0.15) is 18.4 Å². The Morgan fingerprint density at radius 1 is 1.46 bits per heavy atom. The summed E-state index contributed by atoms with van der Waals surface area (Å²) in [5, 5.41) is 13.9. The quantitative estimate of drug-likeness (QED) is 0.387. The molecule has 1 atom stereocenters. The minimum atomic E-state index is -0.599. The Bertz CT molecular complexity index is 660. The Hall–Kier alpha value is -0.930. The number of benzene rings is 1. The molecule has 3 rings (SSSR count). The summed E-state index contributed by atoms with van der Waals surface area (Å²) in [5.41, 5.74) is 1.97. The van der Waals surface area contributed by atoms with Gasteiger partial charge in [-0.15, -0.1) is 24.0 Å². The van der Waals surface area contributed by atoms with E-state index < -0.39 is 5.60 Å². The zero-order valence-corrected chi connectivity index (χ0v) is 18.5.